The first-order valence-corrected chi connectivity index (χ1v) is 8.54. The van der Waals surface area contributed by atoms with Crippen LogP contribution in [0.5, 0.6) is 0 Å². The summed E-state index contributed by atoms with van der Waals surface area (Å²) in [5, 5.41) is 19.1. The summed E-state index contributed by atoms with van der Waals surface area (Å²) in [6, 6.07) is 15.5. The molecule has 2 rings (SSSR count). The summed E-state index contributed by atoms with van der Waals surface area (Å²) in [4.78, 5) is 4.14. The van der Waals surface area contributed by atoms with E-state index < -0.39 is 0 Å². The van der Waals surface area contributed by atoms with Crippen molar-refractivity contribution in [2.45, 2.75) is 27.1 Å². The number of aliphatic hydroxyl groups excluding tert-OH is 2. The van der Waals surface area contributed by atoms with Gasteiger partial charge in [-0.05, 0) is 61.5 Å². The lowest BCUT2D eigenvalue weighted by molar-refractivity contribution is 0.281. The molecule has 0 atom stereocenters. The predicted molar refractivity (Wildman–Crippen MR) is 103 cm³/mol. The molecule has 4 nitrogen and oxygen atoms in total. The molecule has 128 valence electrons. The number of rotatable bonds is 6. The second-order valence-electron chi connectivity index (χ2n) is 5.42. The second kappa shape index (κ2) is 8.78. The van der Waals surface area contributed by atoms with Gasteiger partial charge in [-0.2, -0.15) is 0 Å². The highest BCUT2D eigenvalue weighted by atomic mass is 32.1. The summed E-state index contributed by atoms with van der Waals surface area (Å²) in [5.74, 6) is 0. The van der Waals surface area contributed by atoms with Crippen molar-refractivity contribution in [1.29, 1.82) is 0 Å². The number of hydrogen-bond donors (Lipinski definition) is 2. The average molecular weight is 344 g/mol. The van der Waals surface area contributed by atoms with Gasteiger partial charge < -0.3 is 20.0 Å². The zero-order valence-corrected chi connectivity index (χ0v) is 15.0. The van der Waals surface area contributed by atoms with E-state index in [1.54, 1.807) is 0 Å². The van der Waals surface area contributed by atoms with Crippen LogP contribution in [0.2, 0.25) is 0 Å². The molecule has 0 aliphatic heterocycles. The topological polar surface area (TPSA) is 46.9 Å². The van der Waals surface area contributed by atoms with E-state index in [0.717, 1.165) is 40.7 Å². The van der Waals surface area contributed by atoms with Crippen molar-refractivity contribution in [2.75, 3.05) is 22.9 Å². The van der Waals surface area contributed by atoms with Gasteiger partial charge in [0.1, 0.15) is 0 Å². The SMILES string of the molecule is CCN(C(=S)N(CC)c1ccc(CO)cc1)c1ccc(CO)cc1. The molecular formula is C19H24N2O2S. The number of aliphatic hydroxyl groups is 2. The Labute approximate surface area is 149 Å². The first kappa shape index (κ1) is 18.4. The first-order valence-electron chi connectivity index (χ1n) is 8.13. The molecule has 0 bridgehead atoms. The van der Waals surface area contributed by atoms with Crippen molar-refractivity contribution in [3.8, 4) is 0 Å². The molecular weight excluding hydrogens is 320 g/mol. The van der Waals surface area contributed by atoms with Crippen LogP contribution in [0.25, 0.3) is 0 Å². The molecule has 0 aliphatic rings. The normalized spacial score (nSPS) is 10.5. The fraction of sp³-hybridized carbons (Fsp3) is 0.316. The lowest BCUT2D eigenvalue weighted by Gasteiger charge is -2.32. The van der Waals surface area contributed by atoms with Gasteiger partial charge in [0.05, 0.1) is 13.2 Å². The van der Waals surface area contributed by atoms with Gasteiger partial charge in [0.25, 0.3) is 0 Å². The number of nitrogens with zero attached hydrogens (tertiary/aromatic N) is 2. The molecule has 0 heterocycles. The largest absolute Gasteiger partial charge is 0.392 e. The second-order valence-corrected chi connectivity index (χ2v) is 5.79. The van der Waals surface area contributed by atoms with E-state index in [1.807, 2.05) is 48.5 Å². The van der Waals surface area contributed by atoms with E-state index in [4.69, 9.17) is 12.2 Å². The fourth-order valence-electron chi connectivity index (χ4n) is 2.56. The number of anilines is 2. The maximum atomic E-state index is 9.19. The number of hydrogen-bond acceptors (Lipinski definition) is 3. The van der Waals surface area contributed by atoms with Crippen molar-refractivity contribution < 1.29 is 10.2 Å². The maximum absolute atomic E-state index is 9.19. The van der Waals surface area contributed by atoms with E-state index in [0.29, 0.717) is 0 Å². The molecule has 2 aromatic rings. The molecule has 0 aliphatic carbocycles. The third-order valence-electron chi connectivity index (χ3n) is 3.96. The van der Waals surface area contributed by atoms with E-state index >= 15 is 0 Å². The first-order chi connectivity index (χ1) is 11.6. The molecule has 0 fully saturated rings. The fourth-order valence-corrected chi connectivity index (χ4v) is 3.03. The molecule has 2 aromatic carbocycles. The lowest BCUT2D eigenvalue weighted by Crippen LogP contribution is -2.43. The molecule has 0 spiro atoms. The zero-order valence-electron chi connectivity index (χ0n) is 14.1. The van der Waals surface area contributed by atoms with Crippen LogP contribution in [-0.2, 0) is 13.2 Å². The van der Waals surface area contributed by atoms with Crippen LogP contribution < -0.4 is 9.80 Å². The van der Waals surface area contributed by atoms with Gasteiger partial charge in [-0.1, -0.05) is 24.3 Å². The van der Waals surface area contributed by atoms with Gasteiger partial charge in [-0.3, -0.25) is 0 Å². The zero-order chi connectivity index (χ0) is 17.5. The van der Waals surface area contributed by atoms with Crippen molar-refractivity contribution in [2.24, 2.45) is 0 Å². The highest BCUT2D eigenvalue weighted by Gasteiger charge is 2.17. The van der Waals surface area contributed by atoms with Crippen LogP contribution in [0.4, 0.5) is 11.4 Å². The molecule has 0 aromatic heterocycles. The Hall–Kier alpha value is -1.95. The van der Waals surface area contributed by atoms with E-state index in [2.05, 4.69) is 23.6 Å². The average Bonchev–Trinajstić information content (AvgIpc) is 2.64. The maximum Gasteiger partial charge on any atom is 0.180 e. The molecule has 0 saturated heterocycles. The van der Waals surface area contributed by atoms with Crippen molar-refractivity contribution in [3.63, 3.8) is 0 Å². The molecule has 0 radical (unpaired) electrons. The van der Waals surface area contributed by atoms with Crippen LogP contribution in [0.3, 0.4) is 0 Å². The van der Waals surface area contributed by atoms with Crippen molar-refractivity contribution >= 4 is 28.7 Å². The molecule has 0 amide bonds. The van der Waals surface area contributed by atoms with Crippen molar-refractivity contribution in [3.05, 3.63) is 59.7 Å². The van der Waals surface area contributed by atoms with Gasteiger partial charge in [0.2, 0.25) is 0 Å². The smallest absolute Gasteiger partial charge is 0.180 e. The quantitative estimate of drug-likeness (QED) is 0.787. The molecule has 0 unspecified atom stereocenters. The van der Waals surface area contributed by atoms with E-state index in [-0.39, 0.29) is 13.2 Å². The van der Waals surface area contributed by atoms with Gasteiger partial charge in [0, 0.05) is 24.5 Å². The summed E-state index contributed by atoms with van der Waals surface area (Å²) in [6.45, 7) is 5.71. The van der Waals surface area contributed by atoms with Gasteiger partial charge in [-0.15, -0.1) is 0 Å². The molecule has 5 heteroatoms. The minimum Gasteiger partial charge on any atom is -0.392 e. The Morgan fingerprint density at radius 3 is 1.33 bits per heavy atom. The summed E-state index contributed by atoms with van der Waals surface area (Å²) in [7, 11) is 0. The van der Waals surface area contributed by atoms with Crippen LogP contribution in [0, 0.1) is 0 Å². The molecule has 0 saturated carbocycles. The van der Waals surface area contributed by atoms with Gasteiger partial charge in [0.15, 0.2) is 5.11 Å². The third-order valence-corrected chi connectivity index (χ3v) is 4.40. The minimum absolute atomic E-state index is 0.0368. The Kier molecular flexibility index (Phi) is 6.73. The number of benzene rings is 2. The Bertz CT molecular complexity index is 599. The molecule has 2 N–H and O–H groups in total. The van der Waals surface area contributed by atoms with Gasteiger partial charge in [-0.25, -0.2) is 0 Å². The lowest BCUT2D eigenvalue weighted by atomic mass is 10.2. The highest BCUT2D eigenvalue weighted by Crippen LogP contribution is 2.22. The number of thiocarbonyl (C=S) groups is 1. The van der Waals surface area contributed by atoms with Gasteiger partial charge >= 0.3 is 0 Å². The summed E-state index contributed by atoms with van der Waals surface area (Å²) >= 11 is 5.73. The Morgan fingerprint density at radius 2 is 1.08 bits per heavy atom. The molecule has 24 heavy (non-hydrogen) atoms. The third kappa shape index (κ3) is 4.12. The predicted octanol–water partition coefficient (Wildman–Crippen LogP) is 3.31. The van der Waals surface area contributed by atoms with E-state index in [9.17, 15) is 10.2 Å². The van der Waals surface area contributed by atoms with Crippen LogP contribution in [0.15, 0.2) is 48.5 Å². The van der Waals surface area contributed by atoms with Crippen LogP contribution in [-0.4, -0.2) is 28.4 Å². The van der Waals surface area contributed by atoms with Crippen LogP contribution in [0.1, 0.15) is 25.0 Å². The monoisotopic (exact) mass is 344 g/mol. The summed E-state index contributed by atoms with van der Waals surface area (Å²) in [6.07, 6.45) is 0. The van der Waals surface area contributed by atoms with Crippen molar-refractivity contribution in [1.82, 2.24) is 0 Å². The van der Waals surface area contributed by atoms with Crippen LogP contribution >= 0.6 is 12.2 Å². The van der Waals surface area contributed by atoms with E-state index in [1.165, 1.54) is 0 Å². The Morgan fingerprint density at radius 1 is 0.750 bits per heavy atom. The summed E-state index contributed by atoms with van der Waals surface area (Å²) in [5.41, 5.74) is 3.77. The standard InChI is InChI=1S/C19H24N2O2S/c1-3-20(17-9-5-15(13-22)6-10-17)19(24)21(4-2)18-11-7-16(14-23)8-12-18/h5-12,22-23H,3-4,13-14H2,1-2H3. The summed E-state index contributed by atoms with van der Waals surface area (Å²) < 4.78 is 0. The highest BCUT2D eigenvalue weighted by molar-refractivity contribution is 7.80. The Balaban J connectivity index is 2.25. The minimum atomic E-state index is 0.0368.